The summed E-state index contributed by atoms with van der Waals surface area (Å²) in [7, 11) is 0. The van der Waals surface area contributed by atoms with Crippen LogP contribution >= 0.6 is 0 Å². The molecule has 0 aliphatic carbocycles. The van der Waals surface area contributed by atoms with Crippen molar-refractivity contribution < 1.29 is 20.6 Å². The van der Waals surface area contributed by atoms with Gasteiger partial charge in [-0.2, -0.15) is 0 Å². The van der Waals surface area contributed by atoms with Gasteiger partial charge < -0.3 is 5.26 Å². The smallest absolute Gasteiger partial charge is 0.0802 e. The maximum Gasteiger partial charge on any atom is -0.0802 e. The molecule has 0 aromatic heterocycles. The molecular weight excluding hydrogens is 64.0 g/mol. The predicted octanol–water partition coefficient (Wildman–Crippen LogP) is -1.32. The average Bonchev–Trinajstić information content (AvgIpc) is 1.37. The molecule has 0 heterocycles. The maximum atomic E-state index is 8.33. The highest BCUT2D eigenvalue weighted by Gasteiger charge is 1.39. The quantitative estimate of drug-likeness (QED) is 0.304. The first-order valence-corrected chi connectivity index (χ1v) is 0.516. The van der Waals surface area contributed by atoms with E-state index in [0.29, 0.717) is 0 Å². The van der Waals surface area contributed by atoms with E-state index in [9.17, 15) is 0 Å². The molecule has 0 saturated heterocycles. The first-order valence-electron chi connectivity index (χ1n) is 0.516. The molecule has 0 aliphatic heterocycles. The van der Waals surface area contributed by atoms with Gasteiger partial charge in [0.2, 0.25) is 0 Å². The van der Waals surface area contributed by atoms with Gasteiger partial charge >= 0.3 is 0 Å². The summed E-state index contributed by atoms with van der Waals surface area (Å²) in [5.41, 5.74) is 0. The van der Waals surface area contributed by atoms with Crippen molar-refractivity contribution in [1.29, 1.82) is 0 Å². The van der Waals surface area contributed by atoms with Crippen LogP contribution in [0.3, 0.4) is 0 Å². The van der Waals surface area contributed by atoms with Crippen molar-refractivity contribution in [3.63, 3.8) is 0 Å². The molecule has 4 heavy (non-hydrogen) atoms. The Morgan fingerprint density at radius 1 is 1.75 bits per heavy atom. The fourth-order valence-electron chi connectivity index (χ4n) is 0. The minimum Gasteiger partial charge on any atom is -0.690 e. The third kappa shape index (κ3) is 1.84. The highest BCUT2D eigenvalue weighted by Crippen LogP contribution is 1.42. The monoisotopic (exact) mass is 65.0 g/mol. The number of hydrogen-bond donors (Lipinski definition) is 1. The van der Waals surface area contributed by atoms with Crippen molar-refractivity contribution in [1.82, 2.24) is 0 Å². The van der Waals surface area contributed by atoms with E-state index >= 15 is 0 Å². The van der Waals surface area contributed by atoms with Gasteiger partial charge in [0.15, 0.2) is 0 Å². The molecule has 0 saturated carbocycles. The highest BCUT2D eigenvalue weighted by molar-refractivity contribution is 2.57. The Morgan fingerprint density at radius 3 is 2.00 bits per heavy atom. The van der Waals surface area contributed by atoms with Gasteiger partial charge in [-0.25, -0.2) is 5.26 Å². The van der Waals surface area contributed by atoms with Crippen LogP contribution in [0.25, 0.3) is 0 Å². The fourth-order valence-corrected chi connectivity index (χ4v) is 0. The predicted molar refractivity (Wildman–Crippen MR) is 4.80 cm³/mol. The van der Waals surface area contributed by atoms with Crippen LogP contribution < -0.4 is 5.26 Å². The van der Waals surface area contributed by atoms with Crippen LogP contribution in [0.15, 0.2) is 0 Å². The van der Waals surface area contributed by atoms with Gasteiger partial charge in [-0.3, -0.25) is 5.04 Å². The summed E-state index contributed by atoms with van der Waals surface area (Å²) in [6, 6.07) is 0. The Morgan fingerprint density at radius 2 is 2.00 bits per heavy atom. The van der Waals surface area contributed by atoms with Crippen LogP contribution in [-0.4, -0.2) is 5.26 Å². The summed E-state index contributed by atoms with van der Waals surface area (Å²) in [6.07, 6.45) is 0. The van der Waals surface area contributed by atoms with Gasteiger partial charge in [-0.1, -0.05) is 5.04 Å². The van der Waals surface area contributed by atoms with E-state index < -0.39 is 0 Å². The second-order valence-electron chi connectivity index (χ2n) is 0.143. The SMILES string of the molecule is [O-]OOO. The van der Waals surface area contributed by atoms with Crippen molar-refractivity contribution in [2.45, 2.75) is 0 Å². The molecule has 0 aromatic carbocycles. The minimum atomic E-state index is 2.35. The van der Waals surface area contributed by atoms with Crippen LogP contribution in [0.1, 0.15) is 0 Å². The summed E-state index contributed by atoms with van der Waals surface area (Å²) in [6.45, 7) is 0. The lowest BCUT2D eigenvalue weighted by molar-refractivity contribution is -0.846. The summed E-state index contributed by atoms with van der Waals surface area (Å²) in [4.78, 5) is 0. The van der Waals surface area contributed by atoms with E-state index in [1.54, 1.807) is 0 Å². The molecule has 4 nitrogen and oxygen atoms in total. The second-order valence-corrected chi connectivity index (χ2v) is 0.143. The number of rotatable bonds is 1. The zero-order chi connectivity index (χ0) is 3.41. The van der Waals surface area contributed by atoms with E-state index in [-0.39, 0.29) is 0 Å². The van der Waals surface area contributed by atoms with Crippen molar-refractivity contribution in [2.75, 3.05) is 0 Å². The summed E-state index contributed by atoms with van der Waals surface area (Å²) in [5.74, 6) is 0. The lowest BCUT2D eigenvalue weighted by atomic mass is 14.4. The molecule has 4 heteroatoms. The average molecular weight is 65.0 g/mol. The Labute approximate surface area is 22.0 Å². The van der Waals surface area contributed by atoms with Crippen molar-refractivity contribution in [3.8, 4) is 0 Å². The third-order valence-corrected chi connectivity index (χ3v) is 0.0304. The van der Waals surface area contributed by atoms with E-state index in [1.807, 2.05) is 0 Å². The molecule has 0 bridgehead atoms. The number of hydrogen-bond acceptors (Lipinski definition) is 4. The van der Waals surface area contributed by atoms with Crippen LogP contribution in [0.2, 0.25) is 0 Å². The van der Waals surface area contributed by atoms with Crippen LogP contribution in [-0.2, 0) is 10.1 Å². The Hall–Kier alpha value is -0.160. The van der Waals surface area contributed by atoms with Crippen molar-refractivity contribution >= 4 is 0 Å². The van der Waals surface area contributed by atoms with E-state index in [1.165, 1.54) is 0 Å². The molecule has 0 aliphatic rings. The summed E-state index contributed by atoms with van der Waals surface area (Å²) >= 11 is 0. The van der Waals surface area contributed by atoms with Crippen LogP contribution in [0.5, 0.6) is 0 Å². The topological polar surface area (TPSA) is 61.8 Å². The molecule has 0 aromatic rings. The zero-order valence-corrected chi connectivity index (χ0v) is 1.67. The maximum absolute atomic E-state index is 8.33. The van der Waals surface area contributed by atoms with E-state index in [4.69, 9.17) is 10.5 Å². The van der Waals surface area contributed by atoms with Gasteiger partial charge in [0.1, 0.15) is 0 Å². The molecule has 0 rings (SSSR count). The summed E-state index contributed by atoms with van der Waals surface area (Å²) < 4.78 is 0. The largest absolute Gasteiger partial charge is 0.690 e. The molecule has 0 radical (unpaired) electrons. The van der Waals surface area contributed by atoms with Gasteiger partial charge in [0, 0.05) is 0 Å². The van der Waals surface area contributed by atoms with Crippen LogP contribution in [0.4, 0.5) is 0 Å². The molecule has 26 valence electrons. The minimum absolute atomic E-state index is 2.35. The van der Waals surface area contributed by atoms with Gasteiger partial charge in [0.05, 0.1) is 0 Å². The highest BCUT2D eigenvalue weighted by atomic mass is 17.6. The van der Waals surface area contributed by atoms with Gasteiger partial charge in [-0.05, 0) is 0 Å². The Balaban J connectivity index is 1.97. The molecule has 0 unspecified atom stereocenters. The summed E-state index contributed by atoms with van der Waals surface area (Å²) in [5, 5.41) is 20.0. The van der Waals surface area contributed by atoms with E-state index in [2.05, 4.69) is 10.1 Å². The normalized spacial score (nSPS) is 7.50. The third-order valence-electron chi connectivity index (χ3n) is 0.0304. The second kappa shape index (κ2) is 2.84. The Bertz CT molecular complexity index is 2.00. The van der Waals surface area contributed by atoms with E-state index in [0.717, 1.165) is 0 Å². The zero-order valence-electron chi connectivity index (χ0n) is 1.67. The van der Waals surface area contributed by atoms with Crippen molar-refractivity contribution in [3.05, 3.63) is 0 Å². The van der Waals surface area contributed by atoms with Crippen LogP contribution in [0, 0.1) is 0 Å². The molecule has 0 fully saturated rings. The molecular formula is HO4-. The van der Waals surface area contributed by atoms with Gasteiger partial charge in [0.25, 0.3) is 0 Å². The first kappa shape index (κ1) is 3.84. The lowest BCUT2D eigenvalue weighted by Crippen LogP contribution is -2.01. The Kier molecular flexibility index (Phi) is 2.73. The molecule has 0 amide bonds. The molecule has 0 atom stereocenters. The lowest BCUT2D eigenvalue weighted by Gasteiger charge is -1.90. The standard InChI is InChI=1S/H2O4/c1-3-4-2/h1-2H/p-1. The van der Waals surface area contributed by atoms with Gasteiger partial charge in [-0.15, -0.1) is 0 Å². The fraction of sp³-hybridized carbons (Fsp3) is 0. The molecule has 0 spiro atoms. The molecule has 1 N–H and O–H groups in total. The first-order chi connectivity index (χ1) is 1.91. The van der Waals surface area contributed by atoms with Crippen molar-refractivity contribution in [2.24, 2.45) is 0 Å².